The molecular formula is C23H18ClF5N6. The van der Waals surface area contributed by atoms with Crippen molar-refractivity contribution in [1.82, 2.24) is 19.9 Å². The summed E-state index contributed by atoms with van der Waals surface area (Å²) < 4.78 is 69.1. The number of fused-ring (bicyclic) bond motifs is 3. The molecule has 0 spiro atoms. The van der Waals surface area contributed by atoms with Crippen LogP contribution in [-0.2, 0) is 12.6 Å². The standard InChI is InChI=1S/C23H18ClF5N6/c1-34(2)21-16(26)7-11(10-31-21)20-19-12(13-8-14(24)15(25)9-17(13)32-19)4-6-35(20)22-30-5-3-18(33-22)23(27,28)29/h3,5,7-10,20,32H,4,6H2,1-2H3. The number of benzene rings is 1. The fourth-order valence-corrected chi connectivity index (χ4v) is 4.58. The summed E-state index contributed by atoms with van der Waals surface area (Å²) in [7, 11) is 3.28. The van der Waals surface area contributed by atoms with Gasteiger partial charge >= 0.3 is 6.18 Å². The number of anilines is 2. The number of aromatic nitrogens is 4. The third kappa shape index (κ3) is 4.03. The third-order valence-corrected chi connectivity index (χ3v) is 6.23. The van der Waals surface area contributed by atoms with Crippen LogP contribution >= 0.6 is 11.6 Å². The Morgan fingerprint density at radius 2 is 1.89 bits per heavy atom. The number of hydrogen-bond acceptors (Lipinski definition) is 5. The number of alkyl halides is 3. The summed E-state index contributed by atoms with van der Waals surface area (Å²) in [5.41, 5.74) is 1.09. The van der Waals surface area contributed by atoms with E-state index in [0.717, 1.165) is 17.8 Å². The van der Waals surface area contributed by atoms with Gasteiger partial charge in [-0.1, -0.05) is 11.6 Å². The highest BCUT2D eigenvalue weighted by atomic mass is 35.5. The highest BCUT2D eigenvalue weighted by Gasteiger charge is 2.37. The number of pyridine rings is 1. The Bertz CT molecular complexity index is 1430. The molecule has 0 saturated carbocycles. The van der Waals surface area contributed by atoms with Gasteiger partial charge in [-0.05, 0) is 36.2 Å². The van der Waals surface area contributed by atoms with Gasteiger partial charge in [-0.25, -0.2) is 23.7 Å². The van der Waals surface area contributed by atoms with Crippen molar-refractivity contribution in [2.45, 2.75) is 18.6 Å². The molecule has 4 heterocycles. The van der Waals surface area contributed by atoms with Crippen LogP contribution in [0.25, 0.3) is 10.9 Å². The van der Waals surface area contributed by atoms with Crippen LogP contribution in [0.1, 0.15) is 28.6 Å². The SMILES string of the molecule is CN(C)c1ncc(C2c3[nH]c4cc(F)c(Cl)cc4c3CCN2c2nccc(C(F)(F)F)n2)cc1F. The molecule has 5 rings (SSSR count). The van der Waals surface area contributed by atoms with E-state index in [-0.39, 0.29) is 23.3 Å². The van der Waals surface area contributed by atoms with Crippen molar-refractivity contribution in [2.75, 3.05) is 30.4 Å². The van der Waals surface area contributed by atoms with Gasteiger partial charge in [0.1, 0.15) is 11.5 Å². The topological polar surface area (TPSA) is 60.9 Å². The Morgan fingerprint density at radius 3 is 2.57 bits per heavy atom. The second-order valence-electron chi connectivity index (χ2n) is 8.38. The first-order chi connectivity index (χ1) is 16.5. The molecule has 12 heteroatoms. The minimum absolute atomic E-state index is 0.0532. The zero-order chi connectivity index (χ0) is 25.1. The van der Waals surface area contributed by atoms with Crippen molar-refractivity contribution in [3.63, 3.8) is 0 Å². The lowest BCUT2D eigenvalue weighted by Crippen LogP contribution is -2.37. The van der Waals surface area contributed by atoms with Crippen LogP contribution in [0.5, 0.6) is 0 Å². The van der Waals surface area contributed by atoms with Crippen LogP contribution in [0.2, 0.25) is 5.02 Å². The van der Waals surface area contributed by atoms with Crippen molar-refractivity contribution >= 4 is 34.3 Å². The second-order valence-corrected chi connectivity index (χ2v) is 8.79. The van der Waals surface area contributed by atoms with Gasteiger partial charge in [0.05, 0.1) is 11.1 Å². The molecule has 35 heavy (non-hydrogen) atoms. The van der Waals surface area contributed by atoms with Gasteiger partial charge in [-0.15, -0.1) is 0 Å². The monoisotopic (exact) mass is 508 g/mol. The van der Waals surface area contributed by atoms with Crippen molar-refractivity contribution in [3.05, 3.63) is 75.8 Å². The van der Waals surface area contributed by atoms with Gasteiger partial charge in [0.25, 0.3) is 0 Å². The molecule has 1 aliphatic heterocycles. The molecule has 3 aromatic heterocycles. The normalized spacial score (nSPS) is 16.0. The smallest absolute Gasteiger partial charge is 0.360 e. The average molecular weight is 509 g/mol. The summed E-state index contributed by atoms with van der Waals surface area (Å²) in [6, 6.07) is 4.01. The van der Waals surface area contributed by atoms with E-state index in [1.165, 1.54) is 29.3 Å². The lowest BCUT2D eigenvalue weighted by molar-refractivity contribution is -0.141. The van der Waals surface area contributed by atoms with Crippen LogP contribution in [0.15, 0.2) is 36.7 Å². The molecular weight excluding hydrogens is 491 g/mol. The van der Waals surface area contributed by atoms with Gasteiger partial charge < -0.3 is 14.8 Å². The van der Waals surface area contributed by atoms with Crippen molar-refractivity contribution < 1.29 is 22.0 Å². The van der Waals surface area contributed by atoms with Gasteiger partial charge in [-0.2, -0.15) is 13.2 Å². The molecule has 0 saturated heterocycles. The van der Waals surface area contributed by atoms with Crippen LogP contribution in [0.4, 0.5) is 33.7 Å². The minimum atomic E-state index is -4.66. The first kappa shape index (κ1) is 23.3. The molecule has 0 fully saturated rings. The highest BCUT2D eigenvalue weighted by Crippen LogP contribution is 2.41. The molecule has 1 N–H and O–H groups in total. The van der Waals surface area contributed by atoms with E-state index < -0.39 is 29.5 Å². The first-order valence-corrected chi connectivity index (χ1v) is 10.9. The summed E-state index contributed by atoms with van der Waals surface area (Å²) in [6.45, 7) is 0.220. The predicted molar refractivity (Wildman–Crippen MR) is 122 cm³/mol. The maximum Gasteiger partial charge on any atom is 0.433 e. The van der Waals surface area contributed by atoms with Crippen LogP contribution in [-0.4, -0.2) is 40.6 Å². The highest BCUT2D eigenvalue weighted by molar-refractivity contribution is 6.31. The Kier molecular flexibility index (Phi) is 5.54. The maximum absolute atomic E-state index is 14.9. The van der Waals surface area contributed by atoms with E-state index in [1.54, 1.807) is 19.0 Å². The summed E-state index contributed by atoms with van der Waals surface area (Å²) in [5.74, 6) is -1.28. The fraction of sp³-hybridized carbons (Fsp3) is 0.261. The Balaban J connectivity index is 1.71. The van der Waals surface area contributed by atoms with Crippen molar-refractivity contribution in [2.24, 2.45) is 0 Å². The van der Waals surface area contributed by atoms with Crippen molar-refractivity contribution in [3.8, 4) is 0 Å². The lowest BCUT2D eigenvalue weighted by atomic mass is 9.93. The fourth-order valence-electron chi connectivity index (χ4n) is 4.42. The molecule has 0 amide bonds. The van der Waals surface area contributed by atoms with Crippen LogP contribution in [0, 0.1) is 11.6 Å². The van der Waals surface area contributed by atoms with E-state index in [0.29, 0.717) is 28.6 Å². The van der Waals surface area contributed by atoms with E-state index in [1.807, 2.05) is 0 Å². The molecule has 6 nitrogen and oxygen atoms in total. The summed E-state index contributed by atoms with van der Waals surface area (Å²) >= 11 is 6.00. The van der Waals surface area contributed by atoms with Crippen LogP contribution in [0.3, 0.4) is 0 Å². The molecule has 0 bridgehead atoms. The molecule has 0 radical (unpaired) electrons. The third-order valence-electron chi connectivity index (χ3n) is 5.94. The van der Waals surface area contributed by atoms with E-state index in [4.69, 9.17) is 11.6 Å². The van der Waals surface area contributed by atoms with E-state index in [9.17, 15) is 22.0 Å². The van der Waals surface area contributed by atoms with Gasteiger partial charge in [0.2, 0.25) is 5.95 Å². The van der Waals surface area contributed by atoms with Crippen LogP contribution < -0.4 is 9.80 Å². The lowest BCUT2D eigenvalue weighted by Gasteiger charge is -2.36. The molecule has 1 aromatic carbocycles. The van der Waals surface area contributed by atoms with E-state index >= 15 is 0 Å². The summed E-state index contributed by atoms with van der Waals surface area (Å²) in [6.07, 6.45) is -1.78. The number of H-pyrrole nitrogens is 1. The minimum Gasteiger partial charge on any atom is -0.360 e. The van der Waals surface area contributed by atoms with Gasteiger partial charge in [0.15, 0.2) is 11.6 Å². The molecule has 182 valence electrons. The largest absolute Gasteiger partial charge is 0.433 e. The Morgan fingerprint density at radius 1 is 1.11 bits per heavy atom. The number of nitrogens with zero attached hydrogens (tertiary/aromatic N) is 5. The predicted octanol–water partition coefficient (Wildman–Crippen LogP) is 5.52. The number of aromatic amines is 1. The Hall–Kier alpha value is -3.47. The van der Waals surface area contributed by atoms with Crippen molar-refractivity contribution in [1.29, 1.82) is 0 Å². The molecule has 4 aromatic rings. The molecule has 1 aliphatic rings. The van der Waals surface area contributed by atoms with Gasteiger partial charge in [0, 0.05) is 55.2 Å². The average Bonchev–Trinajstić information content (AvgIpc) is 3.15. The molecule has 1 atom stereocenters. The number of nitrogens with one attached hydrogen (secondary N) is 1. The number of hydrogen-bond donors (Lipinski definition) is 1. The van der Waals surface area contributed by atoms with E-state index in [2.05, 4.69) is 19.9 Å². The summed E-state index contributed by atoms with van der Waals surface area (Å²) in [5, 5.41) is 0.627. The molecule has 0 aliphatic carbocycles. The quantitative estimate of drug-likeness (QED) is 0.369. The number of halogens is 6. The van der Waals surface area contributed by atoms with Gasteiger partial charge in [-0.3, -0.25) is 0 Å². The second kappa shape index (κ2) is 8.33. The Labute approximate surface area is 201 Å². The first-order valence-electron chi connectivity index (χ1n) is 10.5. The molecule has 1 unspecified atom stereocenters. The maximum atomic E-state index is 14.9. The number of rotatable bonds is 3. The zero-order valence-corrected chi connectivity index (χ0v) is 19.2. The summed E-state index contributed by atoms with van der Waals surface area (Å²) in [4.78, 5) is 18.2. The zero-order valence-electron chi connectivity index (χ0n) is 18.5.